The summed E-state index contributed by atoms with van der Waals surface area (Å²) >= 11 is 3.41. The van der Waals surface area contributed by atoms with Crippen LogP contribution in [0.1, 0.15) is 26.3 Å². The van der Waals surface area contributed by atoms with Crippen LogP contribution in [0.15, 0.2) is 16.6 Å². The molecule has 0 bridgehead atoms. The molecule has 0 saturated heterocycles. The summed E-state index contributed by atoms with van der Waals surface area (Å²) in [4.78, 5) is 22.6. The molecule has 8 heteroatoms. The van der Waals surface area contributed by atoms with Crippen molar-refractivity contribution in [3.8, 4) is 11.5 Å². The quantitative estimate of drug-likeness (QED) is 0.614. The van der Waals surface area contributed by atoms with Crippen molar-refractivity contribution in [2.45, 2.75) is 32.9 Å². The molecule has 24 heavy (non-hydrogen) atoms. The number of carboxylic acid groups (broad SMARTS) is 1. The molecule has 0 saturated carbocycles. The molecular formula is C16H23BrN2O5. The average Bonchev–Trinajstić information content (AvgIpc) is 2.45. The molecule has 1 aromatic rings. The fourth-order valence-electron chi connectivity index (χ4n) is 1.95. The molecule has 0 heterocycles. The number of hydrogen-bond donors (Lipinski definition) is 3. The maximum Gasteiger partial charge on any atom is 0.317 e. The lowest BCUT2D eigenvalue weighted by Crippen LogP contribution is -2.43. The van der Waals surface area contributed by atoms with Crippen LogP contribution in [0.4, 0.5) is 0 Å². The van der Waals surface area contributed by atoms with E-state index in [-0.39, 0.29) is 31.1 Å². The maximum atomic E-state index is 11.9. The molecule has 1 amide bonds. The summed E-state index contributed by atoms with van der Waals surface area (Å²) in [6, 6.07) is 3.49. The number of methoxy groups -OCH3 is 1. The van der Waals surface area contributed by atoms with Gasteiger partial charge < -0.3 is 25.2 Å². The van der Waals surface area contributed by atoms with E-state index in [0.29, 0.717) is 17.1 Å². The third-order valence-corrected chi connectivity index (χ3v) is 3.57. The Bertz CT molecular complexity index is 599. The number of carbonyl (C=O) groups excluding carboxylic acids is 1. The first kappa shape index (κ1) is 20.2. The summed E-state index contributed by atoms with van der Waals surface area (Å²) in [5.74, 6) is -0.349. The largest absolute Gasteiger partial charge is 0.493 e. The minimum absolute atomic E-state index is 0.171. The summed E-state index contributed by atoms with van der Waals surface area (Å²) in [6.45, 7) is 5.54. The van der Waals surface area contributed by atoms with Gasteiger partial charge in [0.15, 0.2) is 18.1 Å². The number of halogens is 1. The molecule has 0 fully saturated rings. The average molecular weight is 403 g/mol. The summed E-state index contributed by atoms with van der Waals surface area (Å²) in [6.07, 6.45) is 0. The summed E-state index contributed by atoms with van der Waals surface area (Å²) in [5.41, 5.74) is 0.326. The third kappa shape index (κ3) is 6.76. The van der Waals surface area contributed by atoms with Crippen molar-refractivity contribution in [3.05, 3.63) is 22.2 Å². The highest BCUT2D eigenvalue weighted by Gasteiger charge is 2.18. The highest BCUT2D eigenvalue weighted by molar-refractivity contribution is 9.10. The van der Waals surface area contributed by atoms with E-state index >= 15 is 0 Å². The zero-order chi connectivity index (χ0) is 18.3. The number of rotatable bonds is 8. The first-order valence-electron chi connectivity index (χ1n) is 7.35. The Morgan fingerprint density at radius 1 is 1.29 bits per heavy atom. The van der Waals surface area contributed by atoms with Gasteiger partial charge in [-0.25, -0.2) is 0 Å². The molecule has 0 unspecified atom stereocenters. The van der Waals surface area contributed by atoms with Gasteiger partial charge >= 0.3 is 5.97 Å². The highest BCUT2D eigenvalue weighted by Crippen LogP contribution is 2.36. The van der Waals surface area contributed by atoms with Gasteiger partial charge in [-0.15, -0.1) is 0 Å². The first-order valence-corrected chi connectivity index (χ1v) is 8.15. The molecule has 1 aromatic carbocycles. The van der Waals surface area contributed by atoms with Crippen molar-refractivity contribution in [3.63, 3.8) is 0 Å². The molecule has 7 nitrogen and oxygen atoms in total. The van der Waals surface area contributed by atoms with Crippen molar-refractivity contribution in [2.24, 2.45) is 0 Å². The number of hydrogen-bond acceptors (Lipinski definition) is 5. The van der Waals surface area contributed by atoms with E-state index in [1.807, 2.05) is 20.8 Å². The topological polar surface area (TPSA) is 96.9 Å². The Balaban J connectivity index is 2.91. The lowest BCUT2D eigenvalue weighted by atomic mass is 10.1. The molecule has 0 aromatic heterocycles. The molecular weight excluding hydrogens is 380 g/mol. The Labute approximate surface area is 149 Å². The van der Waals surface area contributed by atoms with Gasteiger partial charge in [0.05, 0.1) is 13.7 Å². The standard InChI is InChI=1S/C16H23BrN2O5/c1-16(2,3)19-13(20)9-24-15-10(7-18-8-14(21)22)11(17)5-6-12(15)23-4/h5-6,18H,7-9H2,1-4H3,(H,19,20)(H,21,22). The van der Waals surface area contributed by atoms with E-state index in [1.165, 1.54) is 7.11 Å². The van der Waals surface area contributed by atoms with Gasteiger partial charge in [-0.2, -0.15) is 0 Å². The van der Waals surface area contributed by atoms with Crippen LogP contribution in [0.3, 0.4) is 0 Å². The van der Waals surface area contributed by atoms with Crippen LogP contribution in [0.5, 0.6) is 11.5 Å². The lowest BCUT2D eigenvalue weighted by Gasteiger charge is -2.21. The maximum absolute atomic E-state index is 11.9. The highest BCUT2D eigenvalue weighted by atomic mass is 79.9. The van der Waals surface area contributed by atoms with Crippen molar-refractivity contribution in [1.82, 2.24) is 10.6 Å². The van der Waals surface area contributed by atoms with Gasteiger partial charge in [-0.05, 0) is 32.9 Å². The molecule has 0 aliphatic carbocycles. The smallest absolute Gasteiger partial charge is 0.317 e. The minimum atomic E-state index is -0.957. The Morgan fingerprint density at radius 2 is 1.96 bits per heavy atom. The van der Waals surface area contributed by atoms with E-state index in [1.54, 1.807) is 12.1 Å². The number of nitrogens with one attached hydrogen (secondary N) is 2. The summed E-state index contributed by atoms with van der Waals surface area (Å²) in [5, 5.41) is 14.3. The van der Waals surface area contributed by atoms with Crippen molar-refractivity contribution in [2.75, 3.05) is 20.3 Å². The number of amides is 1. The van der Waals surface area contributed by atoms with Crippen LogP contribution in [0, 0.1) is 0 Å². The van der Waals surface area contributed by atoms with E-state index in [0.717, 1.165) is 4.47 Å². The fourth-order valence-corrected chi connectivity index (χ4v) is 2.40. The number of ether oxygens (including phenoxy) is 2. The van der Waals surface area contributed by atoms with E-state index < -0.39 is 5.97 Å². The van der Waals surface area contributed by atoms with Gasteiger partial charge in [-0.3, -0.25) is 9.59 Å². The molecule has 0 radical (unpaired) electrons. The number of carbonyl (C=O) groups is 2. The van der Waals surface area contributed by atoms with Crippen molar-refractivity contribution in [1.29, 1.82) is 0 Å². The second kappa shape index (κ2) is 8.89. The Morgan fingerprint density at radius 3 is 2.50 bits per heavy atom. The SMILES string of the molecule is COc1ccc(Br)c(CNCC(=O)O)c1OCC(=O)NC(C)(C)C. The second-order valence-electron chi connectivity index (χ2n) is 6.14. The first-order chi connectivity index (χ1) is 11.1. The second-order valence-corrected chi connectivity index (χ2v) is 7.00. The third-order valence-electron chi connectivity index (χ3n) is 2.83. The van der Waals surface area contributed by atoms with Crippen LogP contribution in [0.2, 0.25) is 0 Å². The zero-order valence-electron chi connectivity index (χ0n) is 14.2. The molecule has 1 rings (SSSR count). The molecule has 0 aliphatic heterocycles. The van der Waals surface area contributed by atoms with Gasteiger partial charge in [0.25, 0.3) is 5.91 Å². The zero-order valence-corrected chi connectivity index (χ0v) is 15.8. The fraction of sp³-hybridized carbons (Fsp3) is 0.500. The van der Waals surface area contributed by atoms with Crippen LogP contribution >= 0.6 is 15.9 Å². The minimum Gasteiger partial charge on any atom is -0.493 e. The summed E-state index contributed by atoms with van der Waals surface area (Å²) < 4.78 is 11.7. The Hall–Kier alpha value is -1.80. The molecule has 134 valence electrons. The number of carboxylic acids is 1. The van der Waals surface area contributed by atoms with E-state index in [9.17, 15) is 9.59 Å². The van der Waals surface area contributed by atoms with Crippen molar-refractivity contribution < 1.29 is 24.2 Å². The molecule has 0 aliphatic rings. The monoisotopic (exact) mass is 402 g/mol. The number of benzene rings is 1. The molecule has 0 atom stereocenters. The molecule has 3 N–H and O–H groups in total. The van der Waals surface area contributed by atoms with Crippen LogP contribution in [-0.2, 0) is 16.1 Å². The Kier molecular flexibility index (Phi) is 7.50. The van der Waals surface area contributed by atoms with Gasteiger partial charge in [0.1, 0.15) is 0 Å². The summed E-state index contributed by atoms with van der Waals surface area (Å²) in [7, 11) is 1.50. The van der Waals surface area contributed by atoms with Gasteiger partial charge in [0, 0.05) is 22.1 Å². The van der Waals surface area contributed by atoms with Crippen molar-refractivity contribution >= 4 is 27.8 Å². The van der Waals surface area contributed by atoms with E-state index in [4.69, 9.17) is 14.6 Å². The predicted octanol–water partition coefficient (Wildman–Crippen LogP) is 1.93. The van der Waals surface area contributed by atoms with Crippen LogP contribution in [0.25, 0.3) is 0 Å². The lowest BCUT2D eigenvalue weighted by molar-refractivity contribution is -0.136. The predicted molar refractivity (Wildman–Crippen MR) is 93.4 cm³/mol. The van der Waals surface area contributed by atoms with E-state index in [2.05, 4.69) is 26.6 Å². The van der Waals surface area contributed by atoms with Gasteiger partial charge in [0.2, 0.25) is 0 Å². The molecule has 0 spiro atoms. The number of aliphatic carboxylic acids is 1. The normalized spacial score (nSPS) is 11.0. The van der Waals surface area contributed by atoms with Crippen LogP contribution in [-0.4, -0.2) is 42.8 Å². The van der Waals surface area contributed by atoms with Gasteiger partial charge in [-0.1, -0.05) is 15.9 Å². The van der Waals surface area contributed by atoms with Crippen LogP contribution < -0.4 is 20.1 Å².